The highest BCUT2D eigenvalue weighted by molar-refractivity contribution is 7.80. The van der Waals surface area contributed by atoms with E-state index in [1.165, 1.54) is 17.5 Å². The van der Waals surface area contributed by atoms with Gasteiger partial charge >= 0.3 is 0 Å². The van der Waals surface area contributed by atoms with E-state index in [4.69, 9.17) is 12.2 Å². The first kappa shape index (κ1) is 14.7. The summed E-state index contributed by atoms with van der Waals surface area (Å²) in [6.07, 6.45) is 7.89. The number of benzene rings is 1. The molecule has 112 valence electrons. The number of rotatable bonds is 2. The molecule has 0 spiro atoms. The van der Waals surface area contributed by atoms with Crippen molar-refractivity contribution in [3.8, 4) is 0 Å². The van der Waals surface area contributed by atoms with Crippen LogP contribution in [-0.4, -0.2) is 15.8 Å². The van der Waals surface area contributed by atoms with E-state index in [9.17, 15) is 0 Å². The number of nitrogens with zero attached hydrogens (tertiary/aromatic N) is 2. The number of hydrogen-bond acceptors (Lipinski definition) is 3. The van der Waals surface area contributed by atoms with Crippen LogP contribution >= 0.6 is 12.2 Å². The number of fused-ring (bicyclic) bond motifs is 1. The lowest BCUT2D eigenvalue weighted by atomic mass is 10.0. The number of hydrazone groups is 1. The first-order valence-corrected chi connectivity index (χ1v) is 7.85. The molecule has 1 heterocycles. The second-order valence-corrected chi connectivity index (χ2v) is 5.64. The van der Waals surface area contributed by atoms with Crippen LogP contribution in [0, 0.1) is 0 Å². The molecule has 2 N–H and O–H groups in total. The Kier molecular flexibility index (Phi) is 4.75. The maximum atomic E-state index is 5.28. The van der Waals surface area contributed by atoms with Crippen molar-refractivity contribution in [2.24, 2.45) is 5.10 Å². The van der Waals surface area contributed by atoms with Crippen LogP contribution < -0.4 is 10.7 Å². The van der Waals surface area contributed by atoms with E-state index in [0.717, 1.165) is 30.7 Å². The third kappa shape index (κ3) is 3.68. The Bertz CT molecular complexity index is 682. The van der Waals surface area contributed by atoms with E-state index < -0.39 is 0 Å². The monoisotopic (exact) mass is 310 g/mol. The van der Waals surface area contributed by atoms with E-state index >= 15 is 0 Å². The summed E-state index contributed by atoms with van der Waals surface area (Å²) in [5.41, 5.74) is 7.47. The second-order valence-electron chi connectivity index (χ2n) is 5.23. The van der Waals surface area contributed by atoms with Crippen molar-refractivity contribution < 1.29 is 0 Å². The van der Waals surface area contributed by atoms with Crippen molar-refractivity contribution >= 4 is 28.7 Å². The third-order valence-corrected chi connectivity index (χ3v) is 3.84. The number of aryl methyl sites for hydroxylation is 1. The van der Waals surface area contributed by atoms with Crippen molar-refractivity contribution in [2.45, 2.75) is 25.7 Å². The Morgan fingerprint density at radius 1 is 1.09 bits per heavy atom. The fourth-order valence-electron chi connectivity index (χ4n) is 2.59. The van der Waals surface area contributed by atoms with Gasteiger partial charge in [-0.3, -0.25) is 10.4 Å². The van der Waals surface area contributed by atoms with Crippen molar-refractivity contribution in [2.75, 3.05) is 5.32 Å². The molecule has 5 heteroatoms. The van der Waals surface area contributed by atoms with Gasteiger partial charge in [-0.25, -0.2) is 0 Å². The molecule has 0 fully saturated rings. The van der Waals surface area contributed by atoms with Gasteiger partial charge in [-0.2, -0.15) is 5.10 Å². The van der Waals surface area contributed by atoms with E-state index in [1.807, 2.05) is 12.1 Å². The molecule has 1 aromatic carbocycles. The van der Waals surface area contributed by atoms with Crippen molar-refractivity contribution in [1.82, 2.24) is 10.4 Å². The summed E-state index contributed by atoms with van der Waals surface area (Å²) < 4.78 is 0. The van der Waals surface area contributed by atoms with Gasteiger partial charge in [0.2, 0.25) is 0 Å². The first-order valence-electron chi connectivity index (χ1n) is 7.45. The summed E-state index contributed by atoms with van der Waals surface area (Å²) in [6, 6.07) is 12.2. The minimum absolute atomic E-state index is 0.474. The number of hydrogen-bond donors (Lipinski definition) is 2. The molecule has 22 heavy (non-hydrogen) atoms. The summed E-state index contributed by atoms with van der Waals surface area (Å²) in [5.74, 6) is 0. The van der Waals surface area contributed by atoms with Gasteiger partial charge in [0.15, 0.2) is 5.11 Å². The Morgan fingerprint density at radius 3 is 2.82 bits per heavy atom. The molecule has 2 aromatic rings. The normalized spacial score (nSPS) is 15.7. The number of pyridine rings is 1. The standard InChI is InChI=1S/C17H18N4S/c22-17(19-14-8-5-11-18-12-14)21-20-16-10-4-2-7-13-6-1-3-9-15(13)16/h1,3,5-6,8-9,11-12H,2,4,7,10H2,(H2,19,21,22). The molecule has 0 aliphatic heterocycles. The number of nitrogens with one attached hydrogen (secondary N) is 2. The lowest BCUT2D eigenvalue weighted by Gasteiger charge is -2.10. The number of anilines is 1. The molecule has 0 radical (unpaired) electrons. The van der Waals surface area contributed by atoms with Gasteiger partial charge in [-0.05, 0) is 55.6 Å². The SMILES string of the molecule is S=C(NN=C1CCCCc2ccccc21)Nc1cccnc1. The average Bonchev–Trinajstić information content (AvgIpc) is 2.76. The predicted molar refractivity (Wildman–Crippen MR) is 94.1 cm³/mol. The van der Waals surface area contributed by atoms with E-state index in [2.05, 4.69) is 45.1 Å². The van der Waals surface area contributed by atoms with Crippen molar-refractivity contribution in [1.29, 1.82) is 0 Å². The fourth-order valence-corrected chi connectivity index (χ4v) is 2.76. The summed E-state index contributed by atoms with van der Waals surface area (Å²) in [4.78, 5) is 4.04. The highest BCUT2D eigenvalue weighted by atomic mass is 32.1. The van der Waals surface area contributed by atoms with Crippen LogP contribution in [0.1, 0.15) is 30.4 Å². The molecule has 0 amide bonds. The van der Waals surface area contributed by atoms with Crippen molar-refractivity contribution in [3.63, 3.8) is 0 Å². The zero-order chi connectivity index (χ0) is 15.2. The van der Waals surface area contributed by atoms with Crippen LogP contribution in [0.2, 0.25) is 0 Å². The van der Waals surface area contributed by atoms with Crippen LogP contribution in [0.3, 0.4) is 0 Å². The molecular weight excluding hydrogens is 292 g/mol. The fraction of sp³-hybridized carbons (Fsp3) is 0.235. The highest BCUT2D eigenvalue weighted by Gasteiger charge is 2.13. The number of thiocarbonyl (C=S) groups is 1. The minimum atomic E-state index is 0.474. The van der Waals surface area contributed by atoms with Gasteiger partial charge in [0.05, 0.1) is 17.6 Å². The zero-order valence-electron chi connectivity index (χ0n) is 12.2. The molecule has 1 aromatic heterocycles. The first-order chi connectivity index (χ1) is 10.8. The van der Waals surface area contributed by atoms with Crippen LogP contribution in [0.15, 0.2) is 53.9 Å². The Hall–Kier alpha value is -2.27. The minimum Gasteiger partial charge on any atom is -0.330 e. The summed E-state index contributed by atoms with van der Waals surface area (Å²) in [7, 11) is 0. The van der Waals surface area contributed by atoms with Crippen LogP contribution in [0.4, 0.5) is 5.69 Å². The van der Waals surface area contributed by atoms with Gasteiger partial charge in [-0.1, -0.05) is 24.3 Å². The van der Waals surface area contributed by atoms with Gasteiger partial charge in [0.1, 0.15) is 0 Å². The van der Waals surface area contributed by atoms with E-state index in [1.54, 1.807) is 12.4 Å². The lowest BCUT2D eigenvalue weighted by molar-refractivity contribution is 0.774. The second kappa shape index (κ2) is 7.13. The molecule has 0 bridgehead atoms. The Labute approximate surface area is 135 Å². The number of aromatic nitrogens is 1. The van der Waals surface area contributed by atoms with Gasteiger partial charge in [-0.15, -0.1) is 0 Å². The van der Waals surface area contributed by atoms with Gasteiger partial charge in [0, 0.05) is 11.8 Å². The predicted octanol–water partition coefficient (Wildman–Crippen LogP) is 3.50. The third-order valence-electron chi connectivity index (χ3n) is 3.65. The molecule has 1 aliphatic carbocycles. The Morgan fingerprint density at radius 2 is 1.95 bits per heavy atom. The maximum absolute atomic E-state index is 5.28. The van der Waals surface area contributed by atoms with Gasteiger partial charge < -0.3 is 5.32 Å². The average molecular weight is 310 g/mol. The smallest absolute Gasteiger partial charge is 0.191 e. The largest absolute Gasteiger partial charge is 0.330 e. The van der Waals surface area contributed by atoms with Crippen LogP contribution in [0.25, 0.3) is 0 Å². The molecule has 0 unspecified atom stereocenters. The molecular formula is C17H18N4S. The molecule has 0 atom stereocenters. The molecule has 4 nitrogen and oxygen atoms in total. The van der Waals surface area contributed by atoms with Crippen LogP contribution in [-0.2, 0) is 6.42 Å². The van der Waals surface area contributed by atoms with Crippen LogP contribution in [0.5, 0.6) is 0 Å². The highest BCUT2D eigenvalue weighted by Crippen LogP contribution is 2.20. The summed E-state index contributed by atoms with van der Waals surface area (Å²) >= 11 is 5.28. The van der Waals surface area contributed by atoms with Crippen molar-refractivity contribution in [3.05, 3.63) is 59.9 Å². The summed E-state index contributed by atoms with van der Waals surface area (Å²) in [6.45, 7) is 0. The molecule has 3 rings (SSSR count). The maximum Gasteiger partial charge on any atom is 0.191 e. The quantitative estimate of drug-likeness (QED) is 0.506. The Balaban J connectivity index is 1.71. The van der Waals surface area contributed by atoms with Gasteiger partial charge in [0.25, 0.3) is 0 Å². The molecule has 0 saturated heterocycles. The van der Waals surface area contributed by atoms with E-state index in [-0.39, 0.29) is 0 Å². The molecule has 0 saturated carbocycles. The topological polar surface area (TPSA) is 49.3 Å². The summed E-state index contributed by atoms with van der Waals surface area (Å²) in [5, 5.41) is 8.07. The zero-order valence-corrected chi connectivity index (χ0v) is 13.1. The van der Waals surface area contributed by atoms with E-state index in [0.29, 0.717) is 5.11 Å². The molecule has 1 aliphatic rings. The lowest BCUT2D eigenvalue weighted by Crippen LogP contribution is -2.25.